The van der Waals surface area contributed by atoms with Gasteiger partial charge in [0.05, 0.1) is 16.8 Å². The summed E-state index contributed by atoms with van der Waals surface area (Å²) in [6.45, 7) is 8.89. The van der Waals surface area contributed by atoms with Gasteiger partial charge in [0.1, 0.15) is 11.4 Å². The van der Waals surface area contributed by atoms with Gasteiger partial charge in [-0.1, -0.05) is 6.07 Å². The Morgan fingerprint density at radius 3 is 2.31 bits per heavy atom. The number of hydrogen-bond acceptors (Lipinski definition) is 7. The summed E-state index contributed by atoms with van der Waals surface area (Å²) in [5.41, 5.74) is 6.92. The van der Waals surface area contributed by atoms with E-state index >= 15 is 0 Å². The van der Waals surface area contributed by atoms with Crippen LogP contribution in [0.2, 0.25) is 0 Å². The molecule has 8 heteroatoms. The lowest BCUT2D eigenvalue weighted by Crippen LogP contribution is -2.62. The van der Waals surface area contributed by atoms with E-state index < -0.39 is 5.91 Å². The van der Waals surface area contributed by atoms with Crippen LogP contribution in [0.3, 0.4) is 0 Å². The largest absolute Gasteiger partial charge is 0.507 e. The normalized spacial score (nSPS) is 17.9. The zero-order valence-electron chi connectivity index (χ0n) is 19.2. The van der Waals surface area contributed by atoms with E-state index in [4.69, 9.17) is 5.73 Å². The number of fused-ring (bicyclic) bond motifs is 1. The molecule has 4 rings (SSSR count). The van der Waals surface area contributed by atoms with Crippen molar-refractivity contribution in [3.8, 4) is 17.0 Å². The minimum Gasteiger partial charge on any atom is -0.507 e. The number of piperidine rings is 1. The Bertz CT molecular complexity index is 1160. The molecular formula is C24H30N6O2. The number of benzene rings is 1. The fourth-order valence-electron chi connectivity index (χ4n) is 4.94. The molecule has 1 amide bonds. The third kappa shape index (κ3) is 4.23. The summed E-state index contributed by atoms with van der Waals surface area (Å²) in [6, 6.07) is 10.7. The van der Waals surface area contributed by atoms with Crippen LogP contribution in [-0.4, -0.2) is 50.4 Å². The van der Waals surface area contributed by atoms with Gasteiger partial charge < -0.3 is 21.1 Å². The highest BCUT2D eigenvalue weighted by Crippen LogP contribution is 2.36. The van der Waals surface area contributed by atoms with E-state index in [0.717, 1.165) is 24.0 Å². The van der Waals surface area contributed by atoms with Crippen LogP contribution < -0.4 is 16.0 Å². The van der Waals surface area contributed by atoms with Gasteiger partial charge in [0.15, 0.2) is 5.82 Å². The molecule has 1 saturated heterocycles. The minimum absolute atomic E-state index is 0.0175. The molecule has 0 saturated carbocycles. The van der Waals surface area contributed by atoms with Crippen molar-refractivity contribution in [2.75, 3.05) is 11.9 Å². The molecule has 1 fully saturated rings. The molecule has 1 aliphatic heterocycles. The highest BCUT2D eigenvalue weighted by Gasteiger charge is 2.39. The number of anilines is 1. The number of phenols is 1. The molecule has 0 aliphatic carbocycles. The van der Waals surface area contributed by atoms with Crippen molar-refractivity contribution in [3.63, 3.8) is 0 Å². The SMILES string of the molecule is CN(c1ccc(-c2c(O)ccc3ccc(C(N)=O)nc23)nn1)C1CC(C)(C)NC(C)(C)C1. The van der Waals surface area contributed by atoms with Crippen molar-refractivity contribution in [2.24, 2.45) is 5.73 Å². The first-order valence-electron chi connectivity index (χ1n) is 10.7. The van der Waals surface area contributed by atoms with Gasteiger partial charge in [0.2, 0.25) is 0 Å². The van der Waals surface area contributed by atoms with Crippen molar-refractivity contribution < 1.29 is 9.90 Å². The number of pyridine rings is 1. The van der Waals surface area contributed by atoms with Gasteiger partial charge in [0, 0.05) is 29.6 Å². The van der Waals surface area contributed by atoms with E-state index in [2.05, 4.69) is 53.1 Å². The van der Waals surface area contributed by atoms with Crippen LogP contribution in [0.25, 0.3) is 22.2 Å². The number of amides is 1. The molecular weight excluding hydrogens is 404 g/mol. The zero-order chi connectivity index (χ0) is 23.3. The lowest BCUT2D eigenvalue weighted by Gasteiger charge is -2.49. The number of aromatic hydroxyl groups is 1. The first kappa shape index (κ1) is 22.0. The third-order valence-corrected chi connectivity index (χ3v) is 6.08. The molecule has 0 atom stereocenters. The van der Waals surface area contributed by atoms with Crippen LogP contribution in [0.4, 0.5) is 5.82 Å². The smallest absolute Gasteiger partial charge is 0.267 e. The minimum atomic E-state index is -0.628. The van der Waals surface area contributed by atoms with E-state index in [-0.39, 0.29) is 22.5 Å². The summed E-state index contributed by atoms with van der Waals surface area (Å²) >= 11 is 0. The molecule has 0 spiro atoms. The second kappa shape index (κ2) is 7.70. The van der Waals surface area contributed by atoms with Crippen molar-refractivity contribution in [1.29, 1.82) is 0 Å². The second-order valence-electron chi connectivity index (χ2n) is 9.93. The number of carbonyl (C=O) groups is 1. The molecule has 0 radical (unpaired) electrons. The number of hydrogen-bond donors (Lipinski definition) is 3. The molecule has 1 aromatic carbocycles. The molecule has 3 aromatic rings. The average Bonchev–Trinajstić information content (AvgIpc) is 2.70. The third-order valence-electron chi connectivity index (χ3n) is 6.08. The van der Waals surface area contributed by atoms with Crippen molar-refractivity contribution in [3.05, 3.63) is 42.1 Å². The molecule has 8 nitrogen and oxygen atoms in total. The Labute approximate surface area is 187 Å². The van der Waals surface area contributed by atoms with Crippen LogP contribution in [-0.2, 0) is 0 Å². The summed E-state index contributed by atoms with van der Waals surface area (Å²) in [4.78, 5) is 18.1. The lowest BCUT2D eigenvalue weighted by atomic mass is 9.79. The number of aromatic nitrogens is 3. The zero-order valence-corrected chi connectivity index (χ0v) is 19.2. The van der Waals surface area contributed by atoms with Gasteiger partial charge in [-0.2, -0.15) is 0 Å². The van der Waals surface area contributed by atoms with E-state index in [1.54, 1.807) is 24.3 Å². The van der Waals surface area contributed by atoms with Gasteiger partial charge >= 0.3 is 0 Å². The van der Waals surface area contributed by atoms with Crippen LogP contribution in [0.15, 0.2) is 36.4 Å². The van der Waals surface area contributed by atoms with Gasteiger partial charge in [-0.3, -0.25) is 4.79 Å². The summed E-state index contributed by atoms with van der Waals surface area (Å²) < 4.78 is 0. The van der Waals surface area contributed by atoms with E-state index in [1.165, 1.54) is 0 Å². The summed E-state index contributed by atoms with van der Waals surface area (Å²) in [6.07, 6.45) is 1.97. The monoisotopic (exact) mass is 434 g/mol. The topological polar surface area (TPSA) is 117 Å². The Balaban J connectivity index is 1.69. The van der Waals surface area contributed by atoms with E-state index in [9.17, 15) is 9.90 Å². The van der Waals surface area contributed by atoms with Crippen LogP contribution in [0.1, 0.15) is 51.0 Å². The predicted molar refractivity (Wildman–Crippen MR) is 126 cm³/mol. The Kier molecular flexibility index (Phi) is 5.29. The van der Waals surface area contributed by atoms with Gasteiger partial charge in [-0.15, -0.1) is 10.2 Å². The molecule has 0 unspecified atom stereocenters. The van der Waals surface area contributed by atoms with Gasteiger partial charge in [-0.05, 0) is 70.9 Å². The summed E-state index contributed by atoms with van der Waals surface area (Å²) in [7, 11) is 2.04. The van der Waals surface area contributed by atoms with Crippen LogP contribution in [0.5, 0.6) is 5.75 Å². The van der Waals surface area contributed by atoms with Crippen LogP contribution in [0, 0.1) is 0 Å². The van der Waals surface area contributed by atoms with E-state index in [1.807, 2.05) is 19.2 Å². The number of primary amides is 1. The highest BCUT2D eigenvalue weighted by molar-refractivity contribution is 5.99. The van der Waals surface area contributed by atoms with Crippen molar-refractivity contribution >= 4 is 22.6 Å². The number of nitrogens with two attached hydrogens (primary N) is 1. The maximum atomic E-state index is 11.6. The molecule has 0 bridgehead atoms. The molecule has 3 heterocycles. The Morgan fingerprint density at radius 1 is 1.06 bits per heavy atom. The number of nitrogens with zero attached hydrogens (tertiary/aromatic N) is 4. The first-order valence-corrected chi connectivity index (χ1v) is 10.7. The quantitative estimate of drug-likeness (QED) is 0.577. The maximum Gasteiger partial charge on any atom is 0.267 e. The summed E-state index contributed by atoms with van der Waals surface area (Å²) in [5.74, 6) is 0.152. The number of phenolic OH excluding ortho intramolecular Hbond substituents is 1. The fraction of sp³-hybridized carbons (Fsp3) is 0.417. The standard InChI is InChI=1S/C24H30N6O2/c1-23(2)12-15(13-24(3,4)29-23)30(5)19-11-9-16(27-28-19)20-18(31)10-7-14-6-8-17(22(25)32)26-21(14)20/h6-11,15,29,31H,12-13H2,1-5H3,(H2,25,32). The number of nitrogens with one attached hydrogen (secondary N) is 1. The average molecular weight is 435 g/mol. The fourth-order valence-corrected chi connectivity index (χ4v) is 4.94. The van der Waals surface area contributed by atoms with Crippen LogP contribution >= 0.6 is 0 Å². The second-order valence-corrected chi connectivity index (χ2v) is 9.93. The number of carbonyl (C=O) groups excluding carboxylic acids is 1. The molecule has 4 N–H and O–H groups in total. The first-order chi connectivity index (χ1) is 15.0. The predicted octanol–water partition coefficient (Wildman–Crippen LogP) is 3.24. The molecule has 168 valence electrons. The Morgan fingerprint density at radius 2 is 1.72 bits per heavy atom. The van der Waals surface area contributed by atoms with Crippen molar-refractivity contribution in [2.45, 2.75) is 57.7 Å². The lowest BCUT2D eigenvalue weighted by molar-refractivity contribution is 0.0996. The van der Waals surface area contributed by atoms with Crippen molar-refractivity contribution in [1.82, 2.24) is 20.5 Å². The summed E-state index contributed by atoms with van der Waals surface area (Å²) in [5, 5.41) is 23.9. The molecule has 1 aliphatic rings. The molecule has 2 aromatic heterocycles. The number of rotatable bonds is 4. The van der Waals surface area contributed by atoms with Gasteiger partial charge in [-0.25, -0.2) is 4.98 Å². The van der Waals surface area contributed by atoms with E-state index in [0.29, 0.717) is 22.8 Å². The highest BCUT2D eigenvalue weighted by atomic mass is 16.3. The maximum absolute atomic E-state index is 11.6. The molecule has 32 heavy (non-hydrogen) atoms. The van der Waals surface area contributed by atoms with Gasteiger partial charge in [0.25, 0.3) is 5.91 Å². The Hall–Kier alpha value is -3.26.